The average molecular weight is 296 g/mol. The molecule has 0 aliphatic rings. The molecule has 0 atom stereocenters. The largest absolute Gasteiger partial charge is 0.266 e. The van der Waals surface area contributed by atoms with Gasteiger partial charge >= 0.3 is 0 Å². The van der Waals surface area contributed by atoms with Gasteiger partial charge in [0.2, 0.25) is 0 Å². The molecule has 1 heterocycles. The van der Waals surface area contributed by atoms with E-state index in [1.165, 1.54) is 5.32 Å². The first-order valence-corrected chi connectivity index (χ1v) is 17.4. The molecule has 0 fully saturated rings. The molecule has 102 valence electrons. The Balaban J connectivity index is 3.68. The highest BCUT2D eigenvalue weighted by molar-refractivity contribution is 7.03. The Bertz CT molecular complexity index is 402. The van der Waals surface area contributed by atoms with Gasteiger partial charge in [-0.25, -0.2) is 0 Å². The van der Waals surface area contributed by atoms with E-state index in [-0.39, 0.29) is 0 Å². The van der Waals surface area contributed by atoms with E-state index in [9.17, 15) is 0 Å². The Kier molecular flexibility index (Phi) is 4.16. The average Bonchev–Trinajstić information content (AvgIpc) is 2.12. The van der Waals surface area contributed by atoms with Crippen LogP contribution in [0.15, 0.2) is 12.3 Å². The van der Waals surface area contributed by atoms with Crippen LogP contribution < -0.4 is 15.7 Å². The number of hydrogen-bond donors (Lipinski definition) is 0. The first kappa shape index (κ1) is 15.9. The summed E-state index contributed by atoms with van der Waals surface area (Å²) in [6.07, 6.45) is 2.06. The molecule has 0 N–H and O–H groups in total. The minimum absolute atomic E-state index is 1.28. The lowest BCUT2D eigenvalue weighted by Gasteiger charge is -2.33. The van der Waals surface area contributed by atoms with Gasteiger partial charge in [-0.1, -0.05) is 64.1 Å². The predicted molar refractivity (Wildman–Crippen MR) is 93.2 cm³/mol. The van der Waals surface area contributed by atoms with Gasteiger partial charge in [0.05, 0.1) is 16.1 Å². The van der Waals surface area contributed by atoms with Gasteiger partial charge in [0.1, 0.15) is 8.07 Å². The highest BCUT2D eigenvalue weighted by atomic mass is 28.3. The molecule has 1 nitrogen and oxygen atoms in total. The Morgan fingerprint density at radius 2 is 1.22 bits per heavy atom. The fraction of sp³-hybridized carbons (Fsp3) is 0.643. The zero-order valence-electron chi connectivity index (χ0n) is 13.6. The highest BCUT2D eigenvalue weighted by Gasteiger charge is 2.34. The normalized spacial score (nSPS) is 13.8. The summed E-state index contributed by atoms with van der Waals surface area (Å²) >= 11 is 0. The summed E-state index contributed by atoms with van der Waals surface area (Å²) in [6.45, 7) is 22.1. The van der Waals surface area contributed by atoms with E-state index < -0.39 is 24.2 Å². The molecule has 0 amide bonds. The van der Waals surface area contributed by atoms with E-state index in [1.807, 2.05) is 0 Å². The molecule has 1 aromatic heterocycles. The standard InChI is InChI=1S/C14H29NSi3/c1-16(2,3)12-10-11-15-14(18(7,8)9)13(12)17(4,5)6/h10-11H,1-9H3. The molecule has 0 aliphatic heterocycles. The van der Waals surface area contributed by atoms with Gasteiger partial charge in [0, 0.05) is 11.5 Å². The molecule has 0 saturated heterocycles. The zero-order chi connectivity index (χ0) is 14.4. The fourth-order valence-electron chi connectivity index (χ4n) is 2.41. The molecule has 4 heteroatoms. The molecule has 0 unspecified atom stereocenters. The smallest absolute Gasteiger partial charge is 0.101 e. The van der Waals surface area contributed by atoms with Crippen molar-refractivity contribution in [2.75, 3.05) is 0 Å². The van der Waals surface area contributed by atoms with Crippen LogP contribution in [0.1, 0.15) is 0 Å². The van der Waals surface area contributed by atoms with Crippen molar-refractivity contribution in [1.82, 2.24) is 4.98 Å². The minimum atomic E-state index is -1.35. The molecule has 0 aliphatic carbocycles. The molecule has 1 aromatic rings. The molecule has 0 aromatic carbocycles. The van der Waals surface area contributed by atoms with E-state index >= 15 is 0 Å². The molecule has 1 rings (SSSR count). The lowest BCUT2D eigenvalue weighted by molar-refractivity contribution is 1.38. The number of nitrogens with zero attached hydrogens (tertiary/aromatic N) is 1. The summed E-state index contributed by atoms with van der Waals surface area (Å²) in [7, 11) is -3.97. The Labute approximate surface area is 116 Å². The van der Waals surface area contributed by atoms with Crippen molar-refractivity contribution < 1.29 is 0 Å². The highest BCUT2D eigenvalue weighted by Crippen LogP contribution is 2.08. The van der Waals surface area contributed by atoms with Crippen molar-refractivity contribution in [3.8, 4) is 0 Å². The van der Waals surface area contributed by atoms with Crippen LogP contribution >= 0.6 is 0 Å². The van der Waals surface area contributed by atoms with Crippen LogP contribution in [0, 0.1) is 0 Å². The number of pyridine rings is 1. The van der Waals surface area contributed by atoms with Gasteiger partial charge in [-0.15, -0.1) is 0 Å². The second kappa shape index (κ2) is 4.72. The number of rotatable bonds is 3. The summed E-state index contributed by atoms with van der Waals surface area (Å²) in [5, 5.41) is 4.82. The van der Waals surface area contributed by atoms with Crippen LogP contribution in [0.25, 0.3) is 0 Å². The first-order valence-electron chi connectivity index (χ1n) is 6.85. The lowest BCUT2D eigenvalue weighted by atomic mass is 10.5. The summed E-state index contributed by atoms with van der Waals surface area (Å²) < 4.78 is 0. The second-order valence-corrected chi connectivity index (χ2v) is 23.3. The second-order valence-electron chi connectivity index (χ2n) is 8.33. The Hall–Kier alpha value is -0.199. The number of hydrogen-bond acceptors (Lipinski definition) is 1. The molecule has 0 bridgehead atoms. The quantitative estimate of drug-likeness (QED) is 0.782. The first-order chi connectivity index (χ1) is 7.85. The summed E-state index contributed by atoms with van der Waals surface area (Å²) in [4.78, 5) is 4.81. The van der Waals surface area contributed by atoms with Crippen LogP contribution in [0.3, 0.4) is 0 Å². The van der Waals surface area contributed by atoms with Gasteiger partial charge < -0.3 is 0 Å². The minimum Gasteiger partial charge on any atom is -0.266 e. The van der Waals surface area contributed by atoms with Crippen molar-refractivity contribution in [1.29, 1.82) is 0 Å². The summed E-state index contributed by atoms with van der Waals surface area (Å²) in [6, 6.07) is 2.31. The molecule has 0 saturated carbocycles. The maximum atomic E-state index is 4.81. The van der Waals surface area contributed by atoms with Crippen LogP contribution in [0.4, 0.5) is 0 Å². The van der Waals surface area contributed by atoms with Gasteiger partial charge in [-0.2, -0.15) is 0 Å². The van der Waals surface area contributed by atoms with Crippen molar-refractivity contribution in [3.63, 3.8) is 0 Å². The maximum absolute atomic E-state index is 4.81. The van der Waals surface area contributed by atoms with Gasteiger partial charge in [0.15, 0.2) is 0 Å². The molecular weight excluding hydrogens is 266 g/mol. The SMILES string of the molecule is C[Si](C)(C)c1ccnc([Si](C)(C)C)c1[Si](C)(C)C. The van der Waals surface area contributed by atoms with Crippen molar-refractivity contribution in [2.45, 2.75) is 58.9 Å². The Morgan fingerprint density at radius 3 is 1.56 bits per heavy atom. The van der Waals surface area contributed by atoms with E-state index in [0.717, 1.165) is 0 Å². The molecular formula is C14H29NSi3. The van der Waals surface area contributed by atoms with Gasteiger partial charge in [-0.3, -0.25) is 4.98 Å². The third kappa shape index (κ3) is 3.42. The van der Waals surface area contributed by atoms with Gasteiger partial charge in [-0.05, 0) is 11.3 Å². The van der Waals surface area contributed by atoms with Gasteiger partial charge in [0.25, 0.3) is 0 Å². The third-order valence-corrected chi connectivity index (χ3v) is 9.56. The Morgan fingerprint density at radius 1 is 0.722 bits per heavy atom. The third-order valence-electron chi connectivity index (χ3n) is 3.22. The lowest BCUT2D eigenvalue weighted by Crippen LogP contribution is -2.67. The van der Waals surface area contributed by atoms with E-state index in [1.54, 1.807) is 10.4 Å². The molecule has 18 heavy (non-hydrogen) atoms. The fourth-order valence-corrected chi connectivity index (χ4v) is 11.5. The zero-order valence-corrected chi connectivity index (χ0v) is 16.6. The van der Waals surface area contributed by atoms with E-state index in [0.29, 0.717) is 0 Å². The van der Waals surface area contributed by atoms with E-state index in [2.05, 4.69) is 71.2 Å². The topological polar surface area (TPSA) is 12.9 Å². The van der Waals surface area contributed by atoms with E-state index in [4.69, 9.17) is 4.98 Å². The molecule has 0 radical (unpaired) electrons. The summed E-state index contributed by atoms with van der Waals surface area (Å²) in [5.74, 6) is 0. The van der Waals surface area contributed by atoms with Crippen molar-refractivity contribution >= 4 is 39.9 Å². The number of aromatic nitrogens is 1. The molecule has 0 spiro atoms. The van der Waals surface area contributed by atoms with Crippen molar-refractivity contribution in [2.24, 2.45) is 0 Å². The van der Waals surface area contributed by atoms with Crippen LogP contribution in [-0.2, 0) is 0 Å². The summed E-state index contributed by atoms with van der Waals surface area (Å²) in [5.41, 5.74) is 0. The maximum Gasteiger partial charge on any atom is 0.101 e. The van der Waals surface area contributed by atoms with Crippen LogP contribution in [0.2, 0.25) is 58.9 Å². The monoisotopic (exact) mass is 295 g/mol. The van der Waals surface area contributed by atoms with Crippen LogP contribution in [-0.4, -0.2) is 29.2 Å². The predicted octanol–water partition coefficient (Wildman–Crippen LogP) is 2.72. The van der Waals surface area contributed by atoms with Crippen LogP contribution in [0.5, 0.6) is 0 Å². The van der Waals surface area contributed by atoms with Crippen molar-refractivity contribution in [3.05, 3.63) is 12.3 Å².